The van der Waals surface area contributed by atoms with Crippen molar-refractivity contribution in [2.24, 2.45) is 10.4 Å². The van der Waals surface area contributed by atoms with Crippen molar-refractivity contribution < 1.29 is 19.0 Å². The summed E-state index contributed by atoms with van der Waals surface area (Å²) in [5.74, 6) is 0.195. The maximum Gasteiger partial charge on any atom is 0.421 e. The number of aromatic nitrogens is 2. The fraction of sp³-hybridized carbons (Fsp3) is 0.579. The number of amides is 3. The van der Waals surface area contributed by atoms with Crippen LogP contribution in [0.1, 0.15) is 37.7 Å². The molecule has 0 aliphatic carbocycles. The molecular weight excluding hydrogens is 360 g/mol. The Morgan fingerprint density at radius 2 is 1.79 bits per heavy atom. The number of nitrogens with zero attached hydrogens (tertiary/aromatic N) is 6. The smallest absolute Gasteiger partial charge is 0.297 e. The van der Waals surface area contributed by atoms with Crippen molar-refractivity contribution in [3.63, 3.8) is 0 Å². The van der Waals surface area contributed by atoms with Gasteiger partial charge in [-0.15, -0.1) is 9.78 Å². The van der Waals surface area contributed by atoms with Gasteiger partial charge in [-0.25, -0.2) is 9.37 Å². The molecule has 3 rings (SSSR count). The molecule has 0 N–H and O–H groups in total. The number of aryl methyl sites for hydroxylation is 1. The van der Waals surface area contributed by atoms with E-state index in [4.69, 9.17) is 0 Å². The van der Waals surface area contributed by atoms with Gasteiger partial charge < -0.3 is 0 Å². The molecule has 150 valence electrons. The predicted octanol–water partition coefficient (Wildman–Crippen LogP) is 0.945. The number of ketones is 1. The number of rotatable bonds is 2. The number of aliphatic imine (C=N–C) groups is 1. The number of carbonyl (C=O) groups excluding carboxylic acids is 3. The molecule has 1 atom stereocenters. The first-order chi connectivity index (χ1) is 12.9. The first kappa shape index (κ1) is 19.9. The lowest BCUT2D eigenvalue weighted by Crippen LogP contribution is -2.63. The zero-order valence-corrected chi connectivity index (χ0v) is 17.7. The number of urea groups is 1. The maximum absolute atomic E-state index is 13.1. The lowest BCUT2D eigenvalue weighted by atomic mass is 9.90. The van der Waals surface area contributed by atoms with Crippen molar-refractivity contribution in [3.8, 4) is 0 Å². The fourth-order valence-corrected chi connectivity index (χ4v) is 3.23. The summed E-state index contributed by atoms with van der Waals surface area (Å²) in [5, 5.41) is 4.52. The van der Waals surface area contributed by atoms with E-state index in [0.717, 1.165) is 21.9 Å². The van der Waals surface area contributed by atoms with Crippen LogP contribution in [0.4, 0.5) is 4.79 Å². The lowest BCUT2D eigenvalue weighted by molar-refractivity contribution is -0.507. The summed E-state index contributed by atoms with van der Waals surface area (Å²) in [7, 11) is 3.31. The highest BCUT2D eigenvalue weighted by Crippen LogP contribution is 2.23. The topological polar surface area (TPSA) is 90.9 Å². The molecule has 0 aromatic carbocycles. The third-order valence-corrected chi connectivity index (χ3v) is 5.50. The first-order valence-electron chi connectivity index (χ1n) is 9.20. The van der Waals surface area contributed by atoms with E-state index in [1.165, 1.54) is 4.90 Å². The predicted molar refractivity (Wildman–Crippen MR) is 104 cm³/mol. The van der Waals surface area contributed by atoms with E-state index in [9.17, 15) is 14.4 Å². The summed E-state index contributed by atoms with van der Waals surface area (Å²) in [6.45, 7) is 10.9. The molecule has 0 radical (unpaired) electrons. The van der Waals surface area contributed by atoms with Crippen LogP contribution >= 0.6 is 0 Å². The fourth-order valence-electron chi connectivity index (χ4n) is 3.23. The van der Waals surface area contributed by atoms with Crippen molar-refractivity contribution in [2.45, 2.75) is 47.6 Å². The standard InChI is InChI=1S/C19H27N6O3/c1-10-11(2)21-25(12(10)3)17-20-15-14(22(17)7)16(27)24(18(28)23(15)8)9-13(26)19(4,5)6/h14H,9H2,1-8H3/q+1. The summed E-state index contributed by atoms with van der Waals surface area (Å²) in [6, 6.07) is -1.31. The highest BCUT2D eigenvalue weighted by atomic mass is 16.2. The second-order valence-electron chi connectivity index (χ2n) is 8.43. The number of hydrogen-bond acceptors (Lipinski definition) is 5. The van der Waals surface area contributed by atoms with Crippen molar-refractivity contribution in [1.82, 2.24) is 19.6 Å². The number of Topliss-reactive ketones (excluding diaryl/α,β-unsaturated/α-hetero) is 1. The molecule has 1 aromatic heterocycles. The molecule has 0 spiro atoms. The Labute approximate surface area is 164 Å². The second-order valence-corrected chi connectivity index (χ2v) is 8.43. The zero-order valence-electron chi connectivity index (χ0n) is 17.7. The molecule has 1 unspecified atom stereocenters. The number of likely N-dealkylation sites (N-methyl/N-ethyl adjacent to an activating group) is 2. The van der Waals surface area contributed by atoms with E-state index < -0.39 is 23.4 Å². The zero-order chi connectivity index (χ0) is 21.1. The Morgan fingerprint density at radius 3 is 2.29 bits per heavy atom. The first-order valence-corrected chi connectivity index (χ1v) is 9.20. The molecular formula is C19H27N6O3+. The van der Waals surface area contributed by atoms with Gasteiger partial charge in [0.2, 0.25) is 11.9 Å². The molecule has 1 aromatic rings. The summed E-state index contributed by atoms with van der Waals surface area (Å²) in [5.41, 5.74) is 2.20. The van der Waals surface area contributed by atoms with Gasteiger partial charge in [-0.05, 0) is 20.8 Å². The van der Waals surface area contributed by atoms with Crippen LogP contribution in [0.15, 0.2) is 4.99 Å². The van der Waals surface area contributed by atoms with Gasteiger partial charge in [0.05, 0.1) is 19.3 Å². The Bertz CT molecular complexity index is 963. The van der Waals surface area contributed by atoms with Crippen LogP contribution in [-0.2, 0) is 9.59 Å². The van der Waals surface area contributed by atoms with E-state index in [2.05, 4.69) is 10.1 Å². The average molecular weight is 387 g/mol. The molecule has 1 fully saturated rings. The van der Waals surface area contributed by atoms with Gasteiger partial charge in [-0.2, -0.15) is 0 Å². The van der Waals surface area contributed by atoms with E-state index in [1.54, 1.807) is 44.1 Å². The number of amidine groups is 1. The molecule has 0 bridgehead atoms. The quantitative estimate of drug-likeness (QED) is 0.707. The Hall–Kier alpha value is -2.84. The van der Waals surface area contributed by atoms with Crippen molar-refractivity contribution in [2.75, 3.05) is 20.6 Å². The molecule has 2 aliphatic heterocycles. The number of fused-ring (bicyclic) bond motifs is 1. The van der Waals surface area contributed by atoms with E-state index in [0.29, 0.717) is 11.8 Å². The summed E-state index contributed by atoms with van der Waals surface area (Å²) in [4.78, 5) is 45.2. The number of hydrogen-bond donors (Lipinski definition) is 0. The molecule has 3 heterocycles. The minimum absolute atomic E-state index is 0.179. The summed E-state index contributed by atoms with van der Waals surface area (Å²) < 4.78 is 3.39. The Balaban J connectivity index is 2.03. The van der Waals surface area contributed by atoms with Crippen LogP contribution in [0.5, 0.6) is 0 Å². The molecule has 0 saturated carbocycles. The van der Waals surface area contributed by atoms with Gasteiger partial charge in [0.1, 0.15) is 5.69 Å². The van der Waals surface area contributed by atoms with Crippen LogP contribution in [0.25, 0.3) is 0 Å². The monoisotopic (exact) mass is 387 g/mol. The van der Waals surface area contributed by atoms with Crippen LogP contribution < -0.4 is 0 Å². The van der Waals surface area contributed by atoms with Gasteiger partial charge >= 0.3 is 12.0 Å². The third-order valence-electron chi connectivity index (χ3n) is 5.50. The minimum Gasteiger partial charge on any atom is -0.297 e. The second kappa shape index (κ2) is 6.35. The molecule has 1 saturated heterocycles. The molecule has 28 heavy (non-hydrogen) atoms. The SMILES string of the molecule is Cc1nn(C2=[N+](C)C3C(=O)N(CC(=O)C(C)(C)C)C(=O)N(C)C3=N2)c(C)c1C. The Kier molecular flexibility index (Phi) is 4.52. The highest BCUT2D eigenvalue weighted by molar-refractivity contribution is 6.23. The van der Waals surface area contributed by atoms with E-state index >= 15 is 0 Å². The minimum atomic E-state index is -0.769. The average Bonchev–Trinajstić information content (AvgIpc) is 3.07. The van der Waals surface area contributed by atoms with Crippen molar-refractivity contribution in [1.29, 1.82) is 0 Å². The van der Waals surface area contributed by atoms with Gasteiger partial charge in [0.15, 0.2) is 5.78 Å². The molecule has 2 aliphatic rings. The summed E-state index contributed by atoms with van der Waals surface area (Å²) in [6.07, 6.45) is 0. The highest BCUT2D eigenvalue weighted by Gasteiger charge is 2.52. The third kappa shape index (κ3) is 2.85. The normalized spacial score (nSPS) is 20.1. The van der Waals surface area contributed by atoms with Gasteiger partial charge in [-0.3, -0.25) is 19.4 Å². The van der Waals surface area contributed by atoms with Gasteiger partial charge in [0, 0.05) is 18.0 Å². The van der Waals surface area contributed by atoms with E-state index in [-0.39, 0.29) is 12.3 Å². The molecule has 3 amide bonds. The number of imide groups is 1. The van der Waals surface area contributed by atoms with Crippen LogP contribution in [-0.4, -0.2) is 80.4 Å². The molecule has 9 nitrogen and oxygen atoms in total. The van der Waals surface area contributed by atoms with Crippen molar-refractivity contribution in [3.05, 3.63) is 17.0 Å². The van der Waals surface area contributed by atoms with Crippen LogP contribution in [0, 0.1) is 26.2 Å². The van der Waals surface area contributed by atoms with Crippen LogP contribution in [0.2, 0.25) is 0 Å². The largest absolute Gasteiger partial charge is 0.421 e. The number of carbonyl (C=O) groups is 3. The van der Waals surface area contributed by atoms with Crippen LogP contribution in [0.3, 0.4) is 0 Å². The van der Waals surface area contributed by atoms with Gasteiger partial charge in [-0.1, -0.05) is 25.8 Å². The van der Waals surface area contributed by atoms with Gasteiger partial charge in [0.25, 0.3) is 5.91 Å². The molecule has 9 heteroatoms. The van der Waals surface area contributed by atoms with Crippen molar-refractivity contribution >= 4 is 29.5 Å². The maximum atomic E-state index is 13.1. The Morgan fingerprint density at radius 1 is 1.18 bits per heavy atom. The lowest BCUT2D eigenvalue weighted by Gasteiger charge is -2.34. The summed E-state index contributed by atoms with van der Waals surface area (Å²) >= 11 is 0. The van der Waals surface area contributed by atoms with E-state index in [1.807, 2.05) is 20.8 Å².